The molecule has 0 saturated heterocycles. The zero-order chi connectivity index (χ0) is 19.4. The number of phenolic OH excluding ortho intramolecular Hbond substituents is 1. The SMILES string of the molecule is COc1ccc(/C=C(\C#N)c2nc(-c3ccc([N+](=O)[O-])cc3)cs2)cc1O. The Kier molecular flexibility index (Phi) is 5.15. The van der Waals surface area contributed by atoms with Crippen molar-refractivity contribution in [2.75, 3.05) is 7.11 Å². The van der Waals surface area contributed by atoms with E-state index in [0.717, 1.165) is 5.56 Å². The Morgan fingerprint density at radius 3 is 2.67 bits per heavy atom. The molecule has 8 heteroatoms. The van der Waals surface area contributed by atoms with Crippen LogP contribution < -0.4 is 4.74 Å². The minimum absolute atomic E-state index is 0.00567. The van der Waals surface area contributed by atoms with Gasteiger partial charge in [0.2, 0.25) is 0 Å². The van der Waals surface area contributed by atoms with Gasteiger partial charge in [-0.15, -0.1) is 11.3 Å². The number of nitro groups is 1. The number of hydrogen-bond donors (Lipinski definition) is 1. The molecule has 0 unspecified atom stereocenters. The van der Waals surface area contributed by atoms with Crippen molar-refractivity contribution < 1.29 is 14.8 Å². The Balaban J connectivity index is 1.90. The Labute approximate surface area is 158 Å². The van der Waals surface area contributed by atoms with Crippen LogP contribution in [0.15, 0.2) is 47.8 Å². The highest BCUT2D eigenvalue weighted by molar-refractivity contribution is 7.11. The summed E-state index contributed by atoms with van der Waals surface area (Å²) in [6.07, 6.45) is 1.62. The third-order valence-electron chi connectivity index (χ3n) is 3.74. The first-order valence-corrected chi connectivity index (χ1v) is 8.59. The van der Waals surface area contributed by atoms with Crippen molar-refractivity contribution in [2.24, 2.45) is 0 Å². The summed E-state index contributed by atoms with van der Waals surface area (Å²) in [6, 6.07) is 13.0. The van der Waals surface area contributed by atoms with E-state index in [1.807, 2.05) is 0 Å². The molecule has 0 aliphatic heterocycles. The summed E-state index contributed by atoms with van der Waals surface area (Å²) in [4.78, 5) is 14.7. The van der Waals surface area contributed by atoms with Crippen molar-refractivity contribution in [1.82, 2.24) is 4.98 Å². The molecule has 3 aromatic rings. The maximum atomic E-state index is 10.7. The molecule has 0 spiro atoms. The van der Waals surface area contributed by atoms with Crippen LogP contribution in [0.5, 0.6) is 11.5 Å². The molecule has 0 bridgehead atoms. The van der Waals surface area contributed by atoms with Crippen molar-refractivity contribution in [3.8, 4) is 28.8 Å². The number of thiazole rings is 1. The van der Waals surface area contributed by atoms with Crippen LogP contribution in [-0.4, -0.2) is 22.1 Å². The number of nitro benzene ring substituents is 1. The first-order valence-electron chi connectivity index (χ1n) is 7.71. The van der Waals surface area contributed by atoms with Crippen LogP contribution in [0.4, 0.5) is 5.69 Å². The van der Waals surface area contributed by atoms with Crippen LogP contribution >= 0.6 is 11.3 Å². The Hall–Kier alpha value is -3.70. The number of hydrogen-bond acceptors (Lipinski definition) is 7. The molecule has 0 saturated carbocycles. The highest BCUT2D eigenvalue weighted by Gasteiger charge is 2.11. The molecule has 7 nitrogen and oxygen atoms in total. The second kappa shape index (κ2) is 7.68. The Morgan fingerprint density at radius 2 is 2.07 bits per heavy atom. The van der Waals surface area contributed by atoms with Gasteiger partial charge in [-0.1, -0.05) is 6.07 Å². The predicted octanol–water partition coefficient (Wildman–Crippen LogP) is 4.50. The van der Waals surface area contributed by atoms with E-state index in [1.165, 1.54) is 36.6 Å². The lowest BCUT2D eigenvalue weighted by Gasteiger charge is -2.03. The molecule has 3 rings (SSSR count). The van der Waals surface area contributed by atoms with E-state index < -0.39 is 4.92 Å². The summed E-state index contributed by atoms with van der Waals surface area (Å²) >= 11 is 1.30. The monoisotopic (exact) mass is 379 g/mol. The van der Waals surface area contributed by atoms with Crippen LogP contribution in [0.1, 0.15) is 10.6 Å². The van der Waals surface area contributed by atoms with Gasteiger partial charge in [-0.2, -0.15) is 5.26 Å². The maximum absolute atomic E-state index is 10.7. The molecule has 1 heterocycles. The number of phenols is 1. The molecule has 0 radical (unpaired) electrons. The minimum Gasteiger partial charge on any atom is -0.504 e. The van der Waals surface area contributed by atoms with Crippen LogP contribution in [0, 0.1) is 21.4 Å². The number of aromatic nitrogens is 1. The highest BCUT2D eigenvalue weighted by Crippen LogP contribution is 2.30. The highest BCUT2D eigenvalue weighted by atomic mass is 32.1. The van der Waals surface area contributed by atoms with Gasteiger partial charge in [0.1, 0.15) is 11.1 Å². The molecule has 0 atom stereocenters. The third kappa shape index (κ3) is 3.94. The summed E-state index contributed by atoms with van der Waals surface area (Å²) in [6.45, 7) is 0. The molecule has 0 amide bonds. The average molecular weight is 379 g/mol. The van der Waals surface area contributed by atoms with Crippen molar-refractivity contribution in [3.05, 3.63) is 68.5 Å². The van der Waals surface area contributed by atoms with E-state index in [9.17, 15) is 20.5 Å². The quantitative estimate of drug-likeness (QED) is 0.397. The zero-order valence-corrected chi connectivity index (χ0v) is 14.9. The zero-order valence-electron chi connectivity index (χ0n) is 14.1. The topological polar surface area (TPSA) is 109 Å². The smallest absolute Gasteiger partial charge is 0.269 e. The van der Waals surface area contributed by atoms with E-state index in [-0.39, 0.29) is 11.4 Å². The summed E-state index contributed by atoms with van der Waals surface area (Å²) in [5.74, 6) is 0.328. The lowest BCUT2D eigenvalue weighted by atomic mass is 10.1. The van der Waals surface area contributed by atoms with Gasteiger partial charge in [-0.25, -0.2) is 4.98 Å². The van der Waals surface area contributed by atoms with Crippen LogP contribution in [0.2, 0.25) is 0 Å². The van der Waals surface area contributed by atoms with Crippen molar-refractivity contribution >= 4 is 28.7 Å². The van der Waals surface area contributed by atoms with Crippen molar-refractivity contribution in [1.29, 1.82) is 5.26 Å². The fraction of sp³-hybridized carbons (Fsp3) is 0.0526. The number of aromatic hydroxyl groups is 1. The van der Waals surface area contributed by atoms with Crippen molar-refractivity contribution in [2.45, 2.75) is 0 Å². The van der Waals surface area contributed by atoms with Gasteiger partial charge in [-0.05, 0) is 35.9 Å². The van der Waals surface area contributed by atoms with Crippen LogP contribution in [0.25, 0.3) is 22.9 Å². The molecule has 27 heavy (non-hydrogen) atoms. The number of allylic oxidation sites excluding steroid dienone is 1. The molecule has 0 fully saturated rings. The molecular weight excluding hydrogens is 366 g/mol. The number of ether oxygens (including phenoxy) is 1. The third-order valence-corrected chi connectivity index (χ3v) is 4.62. The number of rotatable bonds is 5. The van der Waals surface area contributed by atoms with E-state index in [4.69, 9.17) is 4.74 Å². The summed E-state index contributed by atoms with van der Waals surface area (Å²) in [7, 11) is 1.46. The normalized spacial score (nSPS) is 11.0. The lowest BCUT2D eigenvalue weighted by Crippen LogP contribution is -1.87. The Morgan fingerprint density at radius 1 is 1.33 bits per heavy atom. The average Bonchev–Trinajstić information content (AvgIpc) is 3.16. The summed E-state index contributed by atoms with van der Waals surface area (Å²) < 4.78 is 5.00. The second-order valence-electron chi connectivity index (χ2n) is 5.44. The number of non-ortho nitro benzene ring substituents is 1. The molecule has 134 valence electrons. The second-order valence-corrected chi connectivity index (χ2v) is 6.30. The number of nitrogens with zero attached hydrogens (tertiary/aromatic N) is 3. The van der Waals surface area contributed by atoms with E-state index in [2.05, 4.69) is 11.1 Å². The number of benzene rings is 2. The van der Waals surface area contributed by atoms with Gasteiger partial charge in [0, 0.05) is 23.1 Å². The lowest BCUT2D eigenvalue weighted by molar-refractivity contribution is -0.384. The first-order chi connectivity index (χ1) is 13.0. The maximum Gasteiger partial charge on any atom is 0.269 e. The molecule has 0 aliphatic rings. The fourth-order valence-corrected chi connectivity index (χ4v) is 3.18. The van der Waals surface area contributed by atoms with Crippen LogP contribution in [0.3, 0.4) is 0 Å². The molecule has 2 aromatic carbocycles. The van der Waals surface area contributed by atoms with Crippen molar-refractivity contribution in [3.63, 3.8) is 0 Å². The van der Waals surface area contributed by atoms with E-state index in [1.54, 1.807) is 35.7 Å². The Bertz CT molecular complexity index is 1070. The fourth-order valence-electron chi connectivity index (χ4n) is 2.39. The molecule has 1 N–H and O–H groups in total. The summed E-state index contributed by atoms with van der Waals surface area (Å²) in [5, 5.41) is 32.4. The summed E-state index contributed by atoms with van der Waals surface area (Å²) in [5.41, 5.74) is 2.34. The van der Waals surface area contributed by atoms with E-state index in [0.29, 0.717) is 27.6 Å². The van der Waals surface area contributed by atoms with Crippen LogP contribution in [-0.2, 0) is 0 Å². The first kappa shape index (κ1) is 18.1. The number of nitriles is 1. The van der Waals surface area contributed by atoms with Gasteiger partial charge >= 0.3 is 0 Å². The molecule has 0 aliphatic carbocycles. The van der Waals surface area contributed by atoms with Gasteiger partial charge in [0.15, 0.2) is 11.5 Å². The minimum atomic E-state index is -0.461. The molecular formula is C19H13N3O4S. The number of methoxy groups -OCH3 is 1. The predicted molar refractivity (Wildman–Crippen MR) is 102 cm³/mol. The van der Waals surface area contributed by atoms with Gasteiger partial charge in [0.25, 0.3) is 5.69 Å². The van der Waals surface area contributed by atoms with Gasteiger partial charge in [-0.3, -0.25) is 10.1 Å². The van der Waals surface area contributed by atoms with Gasteiger partial charge < -0.3 is 9.84 Å². The molecule has 1 aromatic heterocycles. The standard InChI is InChI=1S/C19H13N3O4S/c1-26-18-7-2-12(9-17(18)23)8-14(10-20)19-21-16(11-27-19)13-3-5-15(6-4-13)22(24)25/h2-9,11,23H,1H3/b14-8+. The van der Waals surface area contributed by atoms with Gasteiger partial charge in [0.05, 0.1) is 23.3 Å². The van der Waals surface area contributed by atoms with E-state index >= 15 is 0 Å². The largest absolute Gasteiger partial charge is 0.504 e.